The molecule has 1 saturated heterocycles. The zero-order valence-electron chi connectivity index (χ0n) is 18.3. The number of piperidine rings is 1. The van der Waals surface area contributed by atoms with Crippen molar-refractivity contribution in [3.63, 3.8) is 0 Å². The van der Waals surface area contributed by atoms with Gasteiger partial charge < -0.3 is 25.2 Å². The summed E-state index contributed by atoms with van der Waals surface area (Å²) in [5.74, 6) is 3.69. The Bertz CT molecular complexity index is 686. The second-order valence-corrected chi connectivity index (χ2v) is 9.09. The number of benzene rings is 1. The highest BCUT2D eigenvalue weighted by Gasteiger charge is 2.45. The zero-order chi connectivity index (χ0) is 20.1. The Labute approximate surface area is 180 Å². The number of hydrogen-bond donors (Lipinski definition) is 1. The first-order valence-electron chi connectivity index (χ1n) is 11.6. The lowest BCUT2D eigenvalue weighted by Gasteiger charge is -2.26. The molecular formula is C24H38N2O4. The van der Waals surface area contributed by atoms with Gasteiger partial charge in [-0.15, -0.1) is 0 Å². The molecule has 3 aliphatic rings. The molecule has 1 aromatic carbocycles. The number of unbranched alkanes of at least 4 members (excludes halogenated alkanes) is 4. The Hall–Kier alpha value is -1.79. The summed E-state index contributed by atoms with van der Waals surface area (Å²) >= 11 is 0. The van der Waals surface area contributed by atoms with Gasteiger partial charge in [0.05, 0.1) is 0 Å². The fourth-order valence-corrected chi connectivity index (χ4v) is 4.81. The van der Waals surface area contributed by atoms with Gasteiger partial charge in [0.2, 0.25) is 5.91 Å². The van der Waals surface area contributed by atoms with Gasteiger partial charge in [-0.3, -0.25) is 4.79 Å². The molecular weight excluding hydrogens is 380 g/mol. The molecule has 30 heavy (non-hydrogen) atoms. The molecule has 3 atom stereocenters. The van der Waals surface area contributed by atoms with Crippen molar-refractivity contribution in [3.05, 3.63) is 23.8 Å². The molecule has 2 heterocycles. The number of amides is 1. The van der Waals surface area contributed by atoms with E-state index in [0.29, 0.717) is 19.6 Å². The maximum Gasteiger partial charge on any atom is 0.220 e. The van der Waals surface area contributed by atoms with Crippen LogP contribution in [0.1, 0.15) is 57.4 Å². The van der Waals surface area contributed by atoms with E-state index in [2.05, 4.69) is 29.3 Å². The quantitative estimate of drug-likeness (QED) is 0.560. The van der Waals surface area contributed by atoms with E-state index >= 15 is 0 Å². The number of fused-ring (bicyclic) bond motifs is 2. The van der Waals surface area contributed by atoms with Crippen molar-refractivity contribution in [3.8, 4) is 11.5 Å². The highest BCUT2D eigenvalue weighted by Crippen LogP contribution is 2.44. The summed E-state index contributed by atoms with van der Waals surface area (Å²) in [4.78, 5) is 15.1. The molecule has 0 aromatic heterocycles. The molecule has 1 aliphatic carbocycles. The molecule has 0 spiro atoms. The average Bonchev–Trinajstić information content (AvgIpc) is 3.33. The van der Waals surface area contributed by atoms with E-state index in [1.54, 1.807) is 0 Å². The molecule has 6 nitrogen and oxygen atoms in total. The minimum atomic E-state index is 0. The van der Waals surface area contributed by atoms with Crippen LogP contribution in [0.2, 0.25) is 0 Å². The van der Waals surface area contributed by atoms with Gasteiger partial charge in [0.25, 0.3) is 0 Å². The van der Waals surface area contributed by atoms with Crippen LogP contribution in [0.25, 0.3) is 0 Å². The molecule has 4 rings (SSSR count). The van der Waals surface area contributed by atoms with E-state index in [-0.39, 0.29) is 17.4 Å². The van der Waals surface area contributed by atoms with Crippen molar-refractivity contribution in [2.24, 2.45) is 11.8 Å². The molecule has 0 radical (unpaired) electrons. The number of carbonyl (C=O) groups excluding carboxylic acids is 1. The molecule has 1 saturated carbocycles. The lowest BCUT2D eigenvalue weighted by Crippen LogP contribution is -2.45. The van der Waals surface area contributed by atoms with Crippen LogP contribution in [0.15, 0.2) is 18.2 Å². The maximum atomic E-state index is 12.6. The van der Waals surface area contributed by atoms with Crippen LogP contribution in [0.5, 0.6) is 11.5 Å². The number of nitrogens with one attached hydrogen (secondary N) is 1. The molecule has 168 valence electrons. The third kappa shape index (κ3) is 6.35. The van der Waals surface area contributed by atoms with Gasteiger partial charge >= 0.3 is 0 Å². The molecule has 3 N–H and O–H groups in total. The minimum absolute atomic E-state index is 0. The first-order chi connectivity index (χ1) is 14.2. The Balaban J connectivity index is 0.00000256. The van der Waals surface area contributed by atoms with Crippen LogP contribution < -0.4 is 14.8 Å². The smallest absolute Gasteiger partial charge is 0.220 e. The molecule has 2 aliphatic heterocycles. The number of carbonyl (C=O) groups is 1. The van der Waals surface area contributed by atoms with Crippen LogP contribution in [0.3, 0.4) is 0 Å². The lowest BCUT2D eigenvalue weighted by atomic mass is 10.0. The highest BCUT2D eigenvalue weighted by molar-refractivity contribution is 5.76. The standard InChI is InChI=1S/C24H36N2O3.H2O/c1-2-3-4-5-6-7-24(27)25-21(17-26-15-19-14-20(19)16-26)12-18-8-9-22-23(13-18)29-11-10-28-22;/h8-9,13,19-21H,2-7,10-12,14-17H2,1H3,(H,25,27);1H2/t19?,20?,21-;/m0./s1. The van der Waals surface area contributed by atoms with Crippen LogP contribution in [0, 0.1) is 11.8 Å². The Morgan fingerprint density at radius 2 is 1.83 bits per heavy atom. The second-order valence-electron chi connectivity index (χ2n) is 9.09. The van der Waals surface area contributed by atoms with Gasteiger partial charge in [-0.25, -0.2) is 0 Å². The van der Waals surface area contributed by atoms with Crippen molar-refractivity contribution in [2.45, 2.75) is 64.3 Å². The predicted octanol–water partition coefficient (Wildman–Crippen LogP) is 2.97. The second kappa shape index (κ2) is 11.0. The van der Waals surface area contributed by atoms with Gasteiger partial charge in [-0.2, -0.15) is 0 Å². The van der Waals surface area contributed by atoms with Gasteiger partial charge in [-0.1, -0.05) is 38.7 Å². The largest absolute Gasteiger partial charge is 0.486 e. The number of rotatable bonds is 11. The Morgan fingerprint density at radius 1 is 1.10 bits per heavy atom. The van der Waals surface area contributed by atoms with Crippen molar-refractivity contribution >= 4 is 5.91 Å². The fourth-order valence-electron chi connectivity index (χ4n) is 4.81. The molecule has 1 aromatic rings. The van der Waals surface area contributed by atoms with Crippen molar-refractivity contribution < 1.29 is 19.7 Å². The van der Waals surface area contributed by atoms with Gasteiger partial charge in [0, 0.05) is 32.1 Å². The van der Waals surface area contributed by atoms with Crippen LogP contribution in [-0.4, -0.2) is 55.2 Å². The van der Waals surface area contributed by atoms with Crippen LogP contribution in [-0.2, 0) is 11.2 Å². The van der Waals surface area contributed by atoms with Crippen molar-refractivity contribution in [1.29, 1.82) is 0 Å². The lowest BCUT2D eigenvalue weighted by molar-refractivity contribution is -0.122. The minimum Gasteiger partial charge on any atom is -0.486 e. The maximum absolute atomic E-state index is 12.6. The topological polar surface area (TPSA) is 82.3 Å². The predicted molar refractivity (Wildman–Crippen MR) is 118 cm³/mol. The summed E-state index contributed by atoms with van der Waals surface area (Å²) < 4.78 is 11.4. The van der Waals surface area contributed by atoms with E-state index in [0.717, 1.165) is 49.1 Å². The van der Waals surface area contributed by atoms with Gasteiger partial charge in [-0.05, 0) is 48.8 Å². The van der Waals surface area contributed by atoms with Crippen molar-refractivity contribution in [2.75, 3.05) is 32.8 Å². The molecule has 2 unspecified atom stereocenters. The average molecular weight is 419 g/mol. The third-order valence-electron chi connectivity index (χ3n) is 6.49. The van der Waals surface area contributed by atoms with Crippen molar-refractivity contribution in [1.82, 2.24) is 10.2 Å². The highest BCUT2D eigenvalue weighted by atomic mass is 16.6. The first kappa shape index (κ1) is 22.9. The monoisotopic (exact) mass is 418 g/mol. The van der Waals surface area contributed by atoms with E-state index in [1.165, 1.54) is 44.3 Å². The van der Waals surface area contributed by atoms with Crippen LogP contribution in [0.4, 0.5) is 0 Å². The summed E-state index contributed by atoms with van der Waals surface area (Å²) in [7, 11) is 0. The summed E-state index contributed by atoms with van der Waals surface area (Å²) in [6.07, 6.45) is 8.79. The van der Waals surface area contributed by atoms with E-state index in [1.807, 2.05) is 6.07 Å². The van der Waals surface area contributed by atoms with Gasteiger partial charge in [0.15, 0.2) is 11.5 Å². The van der Waals surface area contributed by atoms with E-state index < -0.39 is 0 Å². The summed E-state index contributed by atoms with van der Waals surface area (Å²) in [6, 6.07) is 6.35. The molecule has 6 heteroatoms. The molecule has 2 fully saturated rings. The van der Waals surface area contributed by atoms with Crippen LogP contribution >= 0.6 is 0 Å². The number of hydrogen-bond acceptors (Lipinski definition) is 4. The van der Waals surface area contributed by atoms with E-state index in [4.69, 9.17) is 9.47 Å². The number of likely N-dealkylation sites (tertiary alicyclic amines) is 1. The number of nitrogens with zero attached hydrogens (tertiary/aromatic N) is 1. The summed E-state index contributed by atoms with van der Waals surface area (Å²) in [5, 5.41) is 3.34. The SMILES string of the molecule is CCCCCCCC(=O)N[C@@H](Cc1ccc2c(c1)OCCO2)CN1CC2CC2C1.O. The Morgan fingerprint density at radius 3 is 2.60 bits per heavy atom. The Kier molecular flexibility index (Phi) is 8.40. The third-order valence-corrected chi connectivity index (χ3v) is 6.49. The number of ether oxygens (including phenoxy) is 2. The fraction of sp³-hybridized carbons (Fsp3) is 0.708. The zero-order valence-corrected chi connectivity index (χ0v) is 18.3. The molecule has 1 amide bonds. The van der Waals surface area contributed by atoms with E-state index in [9.17, 15) is 4.79 Å². The summed E-state index contributed by atoms with van der Waals surface area (Å²) in [6.45, 7) is 6.79. The van der Waals surface area contributed by atoms with Gasteiger partial charge in [0.1, 0.15) is 13.2 Å². The molecule has 0 bridgehead atoms. The summed E-state index contributed by atoms with van der Waals surface area (Å²) in [5.41, 5.74) is 1.20. The first-order valence-corrected chi connectivity index (χ1v) is 11.6. The normalized spacial score (nSPS) is 22.7.